The average Bonchev–Trinajstić information content (AvgIpc) is 2.57. The van der Waals surface area contributed by atoms with Crippen molar-refractivity contribution in [3.8, 4) is 0 Å². The molecule has 0 saturated carbocycles. The van der Waals surface area contributed by atoms with Gasteiger partial charge in [-0.25, -0.2) is 4.39 Å². The summed E-state index contributed by atoms with van der Waals surface area (Å²) < 4.78 is 13.4. The van der Waals surface area contributed by atoms with E-state index in [1.54, 1.807) is 12.1 Å². The average molecular weight is 331 g/mol. The van der Waals surface area contributed by atoms with Crippen LogP contribution in [0.5, 0.6) is 0 Å². The molecule has 0 radical (unpaired) electrons. The lowest BCUT2D eigenvalue weighted by atomic mass is 10.2. The van der Waals surface area contributed by atoms with Gasteiger partial charge in [-0.05, 0) is 19.1 Å². The fraction of sp³-hybridized carbons (Fsp3) is 0.125. The molecule has 0 spiro atoms. The van der Waals surface area contributed by atoms with Crippen molar-refractivity contribution in [3.63, 3.8) is 0 Å². The van der Waals surface area contributed by atoms with Crippen LogP contribution in [0.4, 0.5) is 15.8 Å². The summed E-state index contributed by atoms with van der Waals surface area (Å²) in [5, 5.41) is 16.7. The van der Waals surface area contributed by atoms with Crippen LogP contribution in [0.25, 0.3) is 0 Å². The van der Waals surface area contributed by atoms with Gasteiger partial charge < -0.3 is 10.2 Å². The molecular weight excluding hydrogens is 317 g/mol. The van der Waals surface area contributed by atoms with Gasteiger partial charge in [0.15, 0.2) is 0 Å². The SMILES string of the molecule is C[C@@H](O/N=C\c1cccc([N+](=O)[O-])c1)C(=O)Nc1ccccc1F. The predicted octanol–water partition coefficient (Wildman–Crippen LogP) is 3.11. The number of oxime groups is 1. The molecule has 0 unspecified atom stereocenters. The summed E-state index contributed by atoms with van der Waals surface area (Å²) in [6.07, 6.45) is 0.277. The molecule has 2 rings (SSSR count). The maximum absolute atomic E-state index is 13.4. The van der Waals surface area contributed by atoms with E-state index < -0.39 is 22.8 Å². The van der Waals surface area contributed by atoms with Crippen LogP contribution in [-0.2, 0) is 9.63 Å². The lowest BCUT2D eigenvalue weighted by Crippen LogP contribution is -2.26. The molecule has 0 bridgehead atoms. The van der Waals surface area contributed by atoms with E-state index in [2.05, 4.69) is 10.5 Å². The molecule has 0 fully saturated rings. The third-order valence-corrected chi connectivity index (χ3v) is 3.00. The number of benzene rings is 2. The minimum Gasteiger partial charge on any atom is -0.383 e. The molecule has 24 heavy (non-hydrogen) atoms. The van der Waals surface area contributed by atoms with Crippen LogP contribution in [0.1, 0.15) is 12.5 Å². The van der Waals surface area contributed by atoms with E-state index in [1.165, 1.54) is 49.5 Å². The van der Waals surface area contributed by atoms with Gasteiger partial charge in [0, 0.05) is 17.7 Å². The number of hydrogen-bond donors (Lipinski definition) is 1. The van der Waals surface area contributed by atoms with E-state index in [0.717, 1.165) is 0 Å². The maximum atomic E-state index is 13.4. The monoisotopic (exact) mass is 331 g/mol. The molecule has 0 aliphatic heterocycles. The number of amides is 1. The van der Waals surface area contributed by atoms with Gasteiger partial charge in [0.05, 0.1) is 16.8 Å². The zero-order valence-corrected chi connectivity index (χ0v) is 12.7. The second-order valence-corrected chi connectivity index (χ2v) is 4.80. The molecule has 2 aromatic rings. The minimum atomic E-state index is -0.973. The van der Waals surface area contributed by atoms with Crippen molar-refractivity contribution >= 4 is 23.5 Å². The fourth-order valence-corrected chi connectivity index (χ4v) is 1.75. The summed E-state index contributed by atoms with van der Waals surface area (Å²) in [5.41, 5.74) is 0.413. The quantitative estimate of drug-likeness (QED) is 0.500. The molecule has 124 valence electrons. The van der Waals surface area contributed by atoms with Gasteiger partial charge in [0.25, 0.3) is 11.6 Å². The number of rotatable bonds is 6. The number of carbonyl (C=O) groups excluding carboxylic acids is 1. The van der Waals surface area contributed by atoms with Gasteiger partial charge in [-0.1, -0.05) is 29.4 Å². The number of halogens is 1. The Labute approximate surface area is 136 Å². The fourth-order valence-electron chi connectivity index (χ4n) is 1.75. The standard InChI is InChI=1S/C16H14FN3O4/c1-11(16(21)19-15-8-3-2-7-14(15)17)24-18-10-12-5-4-6-13(9-12)20(22)23/h2-11H,1H3,(H,19,21)/b18-10-/t11-/m1/s1. The lowest BCUT2D eigenvalue weighted by molar-refractivity contribution is -0.384. The lowest BCUT2D eigenvalue weighted by Gasteiger charge is -2.10. The molecular formula is C16H14FN3O4. The molecule has 1 amide bonds. The van der Waals surface area contributed by atoms with E-state index in [-0.39, 0.29) is 11.4 Å². The molecule has 0 saturated heterocycles. The van der Waals surface area contributed by atoms with Gasteiger partial charge in [-0.15, -0.1) is 0 Å². The Hall–Kier alpha value is -3.29. The highest BCUT2D eigenvalue weighted by molar-refractivity contribution is 5.94. The number of nitrogens with one attached hydrogen (secondary N) is 1. The Morgan fingerprint density at radius 3 is 2.79 bits per heavy atom. The van der Waals surface area contributed by atoms with Crippen LogP contribution in [0.3, 0.4) is 0 Å². The number of nitro benzene ring substituents is 1. The van der Waals surface area contributed by atoms with Crippen LogP contribution in [0.15, 0.2) is 53.7 Å². The third kappa shape index (κ3) is 4.60. The zero-order chi connectivity index (χ0) is 17.5. The predicted molar refractivity (Wildman–Crippen MR) is 86.3 cm³/mol. The molecule has 1 atom stereocenters. The van der Waals surface area contributed by atoms with Crippen LogP contribution in [0.2, 0.25) is 0 Å². The number of non-ortho nitro benzene ring substituents is 1. The number of carbonyl (C=O) groups is 1. The molecule has 0 aromatic heterocycles. The van der Waals surface area contributed by atoms with Gasteiger partial charge in [-0.2, -0.15) is 0 Å². The summed E-state index contributed by atoms with van der Waals surface area (Å²) in [6.45, 7) is 1.45. The van der Waals surface area contributed by atoms with Crippen molar-refractivity contribution in [2.24, 2.45) is 5.16 Å². The normalized spacial score (nSPS) is 11.9. The molecule has 0 aliphatic rings. The first kappa shape index (κ1) is 17.1. The number of anilines is 1. The Kier molecular flexibility index (Phi) is 5.56. The van der Waals surface area contributed by atoms with Crippen LogP contribution < -0.4 is 5.32 Å². The minimum absolute atomic E-state index is 0.0422. The summed E-state index contributed by atoms with van der Waals surface area (Å²) in [6, 6.07) is 11.5. The summed E-state index contributed by atoms with van der Waals surface area (Å²) >= 11 is 0. The van der Waals surface area contributed by atoms with Crippen molar-refractivity contribution < 1.29 is 18.9 Å². The van der Waals surface area contributed by atoms with Crippen LogP contribution >= 0.6 is 0 Å². The van der Waals surface area contributed by atoms with Gasteiger partial charge in [0.2, 0.25) is 6.10 Å². The largest absolute Gasteiger partial charge is 0.383 e. The Bertz CT molecular complexity index is 779. The van der Waals surface area contributed by atoms with Crippen LogP contribution in [-0.4, -0.2) is 23.1 Å². The molecule has 1 N–H and O–H groups in total. The molecule has 2 aromatic carbocycles. The topological polar surface area (TPSA) is 93.8 Å². The van der Waals surface area contributed by atoms with Crippen molar-refractivity contribution in [2.45, 2.75) is 13.0 Å². The smallest absolute Gasteiger partial charge is 0.270 e. The van der Waals surface area contributed by atoms with Crippen LogP contribution in [0, 0.1) is 15.9 Å². The van der Waals surface area contributed by atoms with E-state index in [4.69, 9.17) is 4.84 Å². The van der Waals surface area contributed by atoms with Crippen molar-refractivity contribution in [3.05, 3.63) is 70.0 Å². The first-order valence-corrected chi connectivity index (χ1v) is 6.96. The van der Waals surface area contributed by atoms with E-state index in [0.29, 0.717) is 5.56 Å². The Morgan fingerprint density at radius 1 is 1.33 bits per heavy atom. The van der Waals surface area contributed by atoms with E-state index >= 15 is 0 Å². The number of hydrogen-bond acceptors (Lipinski definition) is 5. The zero-order valence-electron chi connectivity index (χ0n) is 12.7. The van der Waals surface area contributed by atoms with Crippen molar-refractivity contribution in [2.75, 3.05) is 5.32 Å². The van der Waals surface area contributed by atoms with E-state index in [1.807, 2.05) is 0 Å². The number of nitro groups is 1. The third-order valence-electron chi connectivity index (χ3n) is 3.00. The number of nitrogens with zero attached hydrogens (tertiary/aromatic N) is 2. The van der Waals surface area contributed by atoms with Gasteiger partial charge >= 0.3 is 0 Å². The second kappa shape index (κ2) is 7.82. The molecule has 0 aliphatic carbocycles. The maximum Gasteiger partial charge on any atom is 0.270 e. The Balaban J connectivity index is 1.93. The number of para-hydroxylation sites is 1. The van der Waals surface area contributed by atoms with Gasteiger partial charge in [0.1, 0.15) is 5.82 Å². The Morgan fingerprint density at radius 2 is 2.08 bits per heavy atom. The summed E-state index contributed by atoms with van der Waals surface area (Å²) in [4.78, 5) is 27.0. The highest BCUT2D eigenvalue weighted by Crippen LogP contribution is 2.13. The second-order valence-electron chi connectivity index (χ2n) is 4.80. The first-order chi connectivity index (χ1) is 11.5. The van der Waals surface area contributed by atoms with E-state index in [9.17, 15) is 19.3 Å². The summed E-state index contributed by atoms with van der Waals surface area (Å²) in [5.74, 6) is -1.13. The van der Waals surface area contributed by atoms with Crippen molar-refractivity contribution in [1.29, 1.82) is 0 Å². The molecule has 8 heteroatoms. The molecule has 0 heterocycles. The highest BCUT2D eigenvalue weighted by atomic mass is 19.1. The first-order valence-electron chi connectivity index (χ1n) is 6.96. The summed E-state index contributed by atoms with van der Waals surface area (Å²) in [7, 11) is 0. The molecule has 7 nitrogen and oxygen atoms in total. The van der Waals surface area contributed by atoms with Gasteiger partial charge in [-0.3, -0.25) is 14.9 Å². The van der Waals surface area contributed by atoms with Crippen molar-refractivity contribution in [1.82, 2.24) is 0 Å². The highest BCUT2D eigenvalue weighted by Gasteiger charge is 2.15.